The molecule has 0 radical (unpaired) electrons. The summed E-state index contributed by atoms with van der Waals surface area (Å²) in [5.74, 6) is 1.50. The van der Waals surface area contributed by atoms with Crippen LogP contribution >= 0.6 is 12.2 Å². The standard InChI is InChI=1S/C29H23N3O3S/c1-18-16-19(2)27-24(17-18)31-28(35-27)21-8-10-22(11-9-21)30-29(36)32-26(33)15-13-23-12-14-25(34-23)20-6-4-3-5-7-20/h3-17H,1-2H3,(H2,30,32,33,36)/b15-13+. The second kappa shape index (κ2) is 10.0. The Morgan fingerprint density at radius 3 is 2.47 bits per heavy atom. The number of benzene rings is 3. The van der Waals surface area contributed by atoms with Gasteiger partial charge in [0.2, 0.25) is 11.8 Å². The van der Waals surface area contributed by atoms with Crippen LogP contribution in [-0.4, -0.2) is 16.0 Å². The van der Waals surface area contributed by atoms with Crippen LogP contribution in [0.25, 0.3) is 40.0 Å². The molecular weight excluding hydrogens is 470 g/mol. The minimum absolute atomic E-state index is 0.190. The molecule has 0 unspecified atom stereocenters. The highest BCUT2D eigenvalue weighted by molar-refractivity contribution is 7.80. The molecule has 2 aromatic heterocycles. The maximum atomic E-state index is 12.3. The summed E-state index contributed by atoms with van der Waals surface area (Å²) in [5.41, 5.74) is 6.38. The second-order valence-electron chi connectivity index (χ2n) is 8.37. The molecule has 0 aliphatic rings. The van der Waals surface area contributed by atoms with E-state index >= 15 is 0 Å². The first-order chi connectivity index (χ1) is 17.4. The van der Waals surface area contributed by atoms with Gasteiger partial charge in [0.05, 0.1) is 0 Å². The quantitative estimate of drug-likeness (QED) is 0.205. The van der Waals surface area contributed by atoms with Gasteiger partial charge >= 0.3 is 0 Å². The Hall–Kier alpha value is -4.49. The molecule has 1 amide bonds. The van der Waals surface area contributed by atoms with E-state index in [9.17, 15) is 4.79 Å². The van der Waals surface area contributed by atoms with Crippen molar-refractivity contribution in [2.45, 2.75) is 13.8 Å². The Bertz CT molecular complexity index is 1580. The van der Waals surface area contributed by atoms with Crippen LogP contribution in [0.2, 0.25) is 0 Å². The number of hydrogen-bond acceptors (Lipinski definition) is 5. The molecule has 0 saturated carbocycles. The number of thiocarbonyl (C=S) groups is 1. The third-order valence-electron chi connectivity index (χ3n) is 5.53. The summed E-state index contributed by atoms with van der Waals surface area (Å²) in [6.07, 6.45) is 2.98. The summed E-state index contributed by atoms with van der Waals surface area (Å²) in [7, 11) is 0. The van der Waals surface area contributed by atoms with E-state index in [1.54, 1.807) is 6.08 Å². The molecule has 0 spiro atoms. The van der Waals surface area contributed by atoms with Crippen molar-refractivity contribution in [3.63, 3.8) is 0 Å². The first-order valence-electron chi connectivity index (χ1n) is 11.4. The first-order valence-corrected chi connectivity index (χ1v) is 11.8. The molecule has 178 valence electrons. The van der Waals surface area contributed by atoms with Crippen LogP contribution in [0.4, 0.5) is 5.69 Å². The topological polar surface area (TPSA) is 80.3 Å². The molecule has 5 rings (SSSR count). The van der Waals surface area contributed by atoms with E-state index in [2.05, 4.69) is 21.7 Å². The van der Waals surface area contributed by atoms with Crippen LogP contribution < -0.4 is 10.6 Å². The molecule has 2 N–H and O–H groups in total. The number of nitrogens with zero attached hydrogens (tertiary/aromatic N) is 1. The lowest BCUT2D eigenvalue weighted by atomic mass is 10.1. The summed E-state index contributed by atoms with van der Waals surface area (Å²) in [6.45, 7) is 4.05. The number of rotatable bonds is 5. The molecule has 36 heavy (non-hydrogen) atoms. The highest BCUT2D eigenvalue weighted by Gasteiger charge is 2.11. The molecule has 0 saturated heterocycles. The molecule has 2 heterocycles. The van der Waals surface area contributed by atoms with E-state index in [0.717, 1.165) is 44.8 Å². The maximum Gasteiger partial charge on any atom is 0.250 e. The monoisotopic (exact) mass is 493 g/mol. The van der Waals surface area contributed by atoms with Crippen LogP contribution in [0.5, 0.6) is 0 Å². The molecule has 5 aromatic rings. The Labute approximate surface area is 213 Å². The first kappa shape index (κ1) is 23.3. The number of aromatic nitrogens is 1. The molecule has 0 bridgehead atoms. The fourth-order valence-corrected chi connectivity index (χ4v) is 4.09. The van der Waals surface area contributed by atoms with E-state index in [-0.39, 0.29) is 11.0 Å². The Balaban J connectivity index is 1.18. The van der Waals surface area contributed by atoms with Crippen LogP contribution in [0.3, 0.4) is 0 Å². The van der Waals surface area contributed by atoms with E-state index in [0.29, 0.717) is 11.7 Å². The van der Waals surface area contributed by atoms with Crippen molar-refractivity contribution in [2.24, 2.45) is 0 Å². The fourth-order valence-electron chi connectivity index (χ4n) is 3.87. The van der Waals surface area contributed by atoms with Gasteiger partial charge in [-0.25, -0.2) is 4.98 Å². The van der Waals surface area contributed by atoms with Gasteiger partial charge in [-0.05, 0) is 85.7 Å². The van der Waals surface area contributed by atoms with E-state index in [4.69, 9.17) is 21.1 Å². The molecule has 0 aliphatic heterocycles. The number of fused-ring (bicyclic) bond motifs is 1. The van der Waals surface area contributed by atoms with E-state index in [1.807, 2.05) is 86.6 Å². The van der Waals surface area contributed by atoms with Crippen LogP contribution in [0.15, 0.2) is 93.8 Å². The lowest BCUT2D eigenvalue weighted by Crippen LogP contribution is -2.32. The number of carbonyl (C=O) groups excluding carboxylic acids is 1. The van der Waals surface area contributed by atoms with Gasteiger partial charge in [-0.1, -0.05) is 36.4 Å². The fraction of sp³-hybridized carbons (Fsp3) is 0.0690. The average molecular weight is 494 g/mol. The largest absolute Gasteiger partial charge is 0.457 e. The predicted molar refractivity (Wildman–Crippen MR) is 146 cm³/mol. The number of amides is 1. The highest BCUT2D eigenvalue weighted by Crippen LogP contribution is 2.28. The predicted octanol–water partition coefficient (Wildman–Crippen LogP) is 6.90. The molecule has 0 fully saturated rings. The minimum Gasteiger partial charge on any atom is -0.457 e. The molecule has 3 aromatic carbocycles. The summed E-state index contributed by atoms with van der Waals surface area (Å²) in [5, 5.41) is 5.83. The number of nitrogens with one attached hydrogen (secondary N) is 2. The number of hydrogen-bond donors (Lipinski definition) is 2. The zero-order chi connectivity index (χ0) is 25.1. The molecular formula is C29H23N3O3S. The van der Waals surface area contributed by atoms with Crippen LogP contribution in [0.1, 0.15) is 16.9 Å². The van der Waals surface area contributed by atoms with Crippen molar-refractivity contribution in [1.29, 1.82) is 0 Å². The molecule has 0 aliphatic carbocycles. The summed E-state index contributed by atoms with van der Waals surface area (Å²) < 4.78 is 11.7. The third-order valence-corrected chi connectivity index (χ3v) is 5.73. The van der Waals surface area contributed by atoms with Gasteiger partial charge < -0.3 is 14.2 Å². The summed E-state index contributed by atoms with van der Waals surface area (Å²) >= 11 is 5.28. The van der Waals surface area contributed by atoms with Gasteiger partial charge in [0.15, 0.2) is 10.7 Å². The second-order valence-corrected chi connectivity index (χ2v) is 8.78. The van der Waals surface area contributed by atoms with Crippen molar-refractivity contribution in [1.82, 2.24) is 10.3 Å². The van der Waals surface area contributed by atoms with Crippen molar-refractivity contribution < 1.29 is 13.6 Å². The summed E-state index contributed by atoms with van der Waals surface area (Å²) in [6, 6.07) is 25.0. The zero-order valence-corrected chi connectivity index (χ0v) is 20.6. The van der Waals surface area contributed by atoms with Gasteiger partial charge in [0.1, 0.15) is 17.0 Å². The van der Waals surface area contributed by atoms with Crippen LogP contribution in [-0.2, 0) is 4.79 Å². The summed E-state index contributed by atoms with van der Waals surface area (Å²) in [4.78, 5) is 16.9. The smallest absolute Gasteiger partial charge is 0.250 e. The Kier molecular flexibility index (Phi) is 6.47. The lowest BCUT2D eigenvalue weighted by molar-refractivity contribution is -0.115. The van der Waals surface area contributed by atoms with Gasteiger partial charge in [0, 0.05) is 22.9 Å². The maximum absolute atomic E-state index is 12.3. The van der Waals surface area contributed by atoms with Crippen molar-refractivity contribution in [2.75, 3.05) is 5.32 Å². The molecule has 0 atom stereocenters. The number of furan rings is 1. The van der Waals surface area contributed by atoms with Gasteiger partial charge in [-0.15, -0.1) is 0 Å². The van der Waals surface area contributed by atoms with Crippen LogP contribution in [0, 0.1) is 13.8 Å². The van der Waals surface area contributed by atoms with Crippen molar-refractivity contribution in [3.05, 3.63) is 102 Å². The van der Waals surface area contributed by atoms with Gasteiger partial charge in [0.25, 0.3) is 0 Å². The highest BCUT2D eigenvalue weighted by atomic mass is 32.1. The zero-order valence-electron chi connectivity index (χ0n) is 19.7. The third kappa shape index (κ3) is 5.26. The molecule has 7 heteroatoms. The SMILES string of the molecule is Cc1cc(C)c2oc(-c3ccc(NC(=S)NC(=O)/C=C/c4ccc(-c5ccccc5)o4)cc3)nc2c1. The Morgan fingerprint density at radius 1 is 0.917 bits per heavy atom. The normalized spacial score (nSPS) is 11.2. The lowest BCUT2D eigenvalue weighted by Gasteiger charge is -2.08. The number of oxazole rings is 1. The average Bonchev–Trinajstić information content (AvgIpc) is 3.51. The van der Waals surface area contributed by atoms with Gasteiger partial charge in [-0.3, -0.25) is 10.1 Å². The number of aryl methyl sites for hydroxylation is 2. The minimum atomic E-state index is -0.362. The molecule has 6 nitrogen and oxygen atoms in total. The number of carbonyl (C=O) groups is 1. The van der Waals surface area contributed by atoms with Crippen molar-refractivity contribution >= 4 is 46.1 Å². The Morgan fingerprint density at radius 2 is 1.69 bits per heavy atom. The number of anilines is 1. The van der Waals surface area contributed by atoms with Gasteiger partial charge in [-0.2, -0.15) is 0 Å². The van der Waals surface area contributed by atoms with E-state index < -0.39 is 0 Å². The van der Waals surface area contributed by atoms with E-state index in [1.165, 1.54) is 6.08 Å². The van der Waals surface area contributed by atoms with Crippen molar-refractivity contribution in [3.8, 4) is 22.8 Å².